The summed E-state index contributed by atoms with van der Waals surface area (Å²) < 4.78 is 2.94. The van der Waals surface area contributed by atoms with Crippen LogP contribution in [0.1, 0.15) is 0 Å². The molecule has 0 unspecified atom stereocenters. The average Bonchev–Trinajstić information content (AvgIpc) is 3.56. The van der Waals surface area contributed by atoms with Gasteiger partial charge in [-0.3, -0.25) is 0 Å². The first-order chi connectivity index (χ1) is 23.8. The molecule has 0 saturated carbocycles. The van der Waals surface area contributed by atoms with Gasteiger partial charge in [0, 0.05) is 0 Å². The summed E-state index contributed by atoms with van der Waals surface area (Å²) >= 11 is 0.263. The molecule has 0 aliphatic rings. The van der Waals surface area contributed by atoms with Gasteiger partial charge < -0.3 is 0 Å². The van der Waals surface area contributed by atoms with Crippen molar-refractivity contribution >= 4 is 61.6 Å². The van der Waals surface area contributed by atoms with E-state index in [1.165, 1.54) is 63.4 Å². The Balaban J connectivity index is 1.27. The predicted molar refractivity (Wildman–Crippen MR) is 207 cm³/mol. The molecule has 0 fully saturated rings. The molecule has 1 heterocycles. The van der Waals surface area contributed by atoms with Crippen molar-refractivity contribution in [2.45, 2.75) is 0 Å². The molecule has 0 N–H and O–H groups in total. The van der Waals surface area contributed by atoms with E-state index >= 15 is 0 Å². The van der Waals surface area contributed by atoms with Crippen LogP contribution in [0.4, 0.5) is 17.1 Å². The van der Waals surface area contributed by atoms with E-state index in [0.717, 1.165) is 17.1 Å². The van der Waals surface area contributed by atoms with Crippen LogP contribution in [0.2, 0.25) is 0 Å². The van der Waals surface area contributed by atoms with Gasteiger partial charge >= 0.3 is 276 Å². The number of hydrogen-bond donors (Lipinski definition) is 0. The number of para-hydroxylation sites is 1. The third kappa shape index (κ3) is 5.04. The van der Waals surface area contributed by atoms with Gasteiger partial charge in [0.15, 0.2) is 0 Å². The number of fused-ring (bicyclic) bond motifs is 5. The molecule has 0 bridgehead atoms. The quantitative estimate of drug-likeness (QED) is 0.159. The van der Waals surface area contributed by atoms with Crippen molar-refractivity contribution in [2.75, 3.05) is 4.90 Å². The molecule has 2 heteroatoms. The second-order valence-electron chi connectivity index (χ2n) is 12.1. The molecule has 0 saturated heterocycles. The van der Waals surface area contributed by atoms with Crippen molar-refractivity contribution in [1.29, 1.82) is 0 Å². The SMILES string of the molecule is c1ccc(-c2ccc(N(c3ccc4ccc5c6ccccc6[se]c5c4c3)c3ccccc3-c3ccccc3-c3ccccc3)cc2)cc1. The first-order valence-electron chi connectivity index (χ1n) is 16.4. The molecule has 0 aliphatic carbocycles. The predicted octanol–water partition coefficient (Wildman–Crippen LogP) is 12.7. The normalized spacial score (nSPS) is 11.3. The van der Waals surface area contributed by atoms with Crippen LogP contribution in [0.5, 0.6) is 0 Å². The third-order valence-corrected chi connectivity index (χ3v) is 11.8. The van der Waals surface area contributed by atoms with Crippen LogP contribution in [-0.2, 0) is 0 Å². The fraction of sp³-hybridized carbons (Fsp3) is 0. The molecule has 0 atom stereocenters. The van der Waals surface area contributed by atoms with Crippen LogP contribution in [0.3, 0.4) is 0 Å². The Morgan fingerprint density at radius 2 is 0.938 bits per heavy atom. The second-order valence-corrected chi connectivity index (χ2v) is 14.3. The molecule has 0 radical (unpaired) electrons. The maximum atomic E-state index is 2.44. The molecule has 0 aliphatic heterocycles. The molecule has 9 rings (SSSR count). The summed E-state index contributed by atoms with van der Waals surface area (Å²) in [5, 5.41) is 5.39. The van der Waals surface area contributed by atoms with Crippen LogP contribution in [-0.4, -0.2) is 14.5 Å². The topological polar surface area (TPSA) is 3.24 Å². The van der Waals surface area contributed by atoms with Crippen molar-refractivity contribution in [2.24, 2.45) is 0 Å². The van der Waals surface area contributed by atoms with Gasteiger partial charge in [0.2, 0.25) is 0 Å². The van der Waals surface area contributed by atoms with Gasteiger partial charge in [0.25, 0.3) is 0 Å². The zero-order chi connectivity index (χ0) is 31.9. The fourth-order valence-corrected chi connectivity index (χ4v) is 9.55. The fourth-order valence-electron chi connectivity index (χ4n) is 6.97. The van der Waals surface area contributed by atoms with Gasteiger partial charge in [0.1, 0.15) is 0 Å². The minimum atomic E-state index is 0.263. The summed E-state index contributed by atoms with van der Waals surface area (Å²) in [7, 11) is 0. The Bertz CT molecular complexity index is 2550. The molecular formula is C46H31NSe. The molecule has 8 aromatic carbocycles. The number of nitrogens with zero attached hydrogens (tertiary/aromatic N) is 1. The molecule has 9 aromatic rings. The number of anilines is 3. The minimum absolute atomic E-state index is 0.263. The summed E-state index contributed by atoms with van der Waals surface area (Å²) in [6, 6.07) is 68.5. The molecule has 0 amide bonds. The molecular weight excluding hydrogens is 645 g/mol. The summed E-state index contributed by atoms with van der Waals surface area (Å²) in [5.41, 5.74) is 10.7. The Morgan fingerprint density at radius 3 is 1.73 bits per heavy atom. The number of hydrogen-bond acceptors (Lipinski definition) is 1. The van der Waals surface area contributed by atoms with Crippen molar-refractivity contribution in [1.82, 2.24) is 0 Å². The van der Waals surface area contributed by atoms with Crippen LogP contribution in [0.15, 0.2) is 188 Å². The Kier molecular flexibility index (Phi) is 7.24. The number of rotatable bonds is 6. The molecule has 0 spiro atoms. The van der Waals surface area contributed by atoms with E-state index < -0.39 is 0 Å². The van der Waals surface area contributed by atoms with E-state index in [4.69, 9.17) is 0 Å². The Labute approximate surface area is 286 Å². The van der Waals surface area contributed by atoms with E-state index in [2.05, 4.69) is 193 Å². The standard InChI is InChI=1S/C46H31NSe/c1-3-13-32(14-4-1)33-23-27-36(28-24-33)47(37-29-25-35-26-30-42-41-20-10-12-22-45(41)48-46(42)43(35)31-37)44-21-11-9-19-40(44)39-18-8-7-17-38(39)34-15-5-2-6-16-34/h1-31H. The Morgan fingerprint density at radius 1 is 0.354 bits per heavy atom. The molecule has 1 aromatic heterocycles. The summed E-state index contributed by atoms with van der Waals surface area (Å²) in [6.45, 7) is 0. The second kappa shape index (κ2) is 12.2. The van der Waals surface area contributed by atoms with Crippen LogP contribution >= 0.6 is 0 Å². The maximum absolute atomic E-state index is 2.44. The summed E-state index contributed by atoms with van der Waals surface area (Å²) in [5.74, 6) is 0. The van der Waals surface area contributed by atoms with Gasteiger partial charge in [-0.05, 0) is 0 Å². The summed E-state index contributed by atoms with van der Waals surface area (Å²) in [4.78, 5) is 2.44. The summed E-state index contributed by atoms with van der Waals surface area (Å²) in [6.07, 6.45) is 0. The van der Waals surface area contributed by atoms with Gasteiger partial charge in [-0.25, -0.2) is 0 Å². The van der Waals surface area contributed by atoms with Gasteiger partial charge in [-0.1, -0.05) is 12.1 Å². The first-order valence-corrected chi connectivity index (χ1v) is 18.1. The number of benzene rings is 8. The zero-order valence-electron chi connectivity index (χ0n) is 26.3. The van der Waals surface area contributed by atoms with Crippen LogP contribution < -0.4 is 4.90 Å². The van der Waals surface area contributed by atoms with Gasteiger partial charge in [0.05, 0.1) is 0 Å². The van der Waals surface area contributed by atoms with Crippen molar-refractivity contribution in [3.63, 3.8) is 0 Å². The average molecular weight is 677 g/mol. The van der Waals surface area contributed by atoms with E-state index in [-0.39, 0.29) is 14.5 Å². The van der Waals surface area contributed by atoms with Crippen LogP contribution in [0.25, 0.3) is 63.4 Å². The van der Waals surface area contributed by atoms with E-state index in [1.54, 1.807) is 0 Å². The third-order valence-electron chi connectivity index (χ3n) is 9.28. The Hall–Kier alpha value is -5.66. The van der Waals surface area contributed by atoms with E-state index in [9.17, 15) is 0 Å². The molecule has 48 heavy (non-hydrogen) atoms. The molecule has 226 valence electrons. The van der Waals surface area contributed by atoms with E-state index in [1.807, 2.05) is 0 Å². The first kappa shape index (κ1) is 28.6. The van der Waals surface area contributed by atoms with E-state index in [0.29, 0.717) is 0 Å². The van der Waals surface area contributed by atoms with Gasteiger partial charge in [-0.2, -0.15) is 0 Å². The zero-order valence-corrected chi connectivity index (χ0v) is 28.0. The van der Waals surface area contributed by atoms with Crippen molar-refractivity contribution in [3.8, 4) is 33.4 Å². The van der Waals surface area contributed by atoms with Crippen molar-refractivity contribution < 1.29 is 0 Å². The molecule has 1 nitrogen and oxygen atoms in total. The van der Waals surface area contributed by atoms with Crippen LogP contribution in [0, 0.1) is 0 Å². The van der Waals surface area contributed by atoms with Gasteiger partial charge in [-0.15, -0.1) is 0 Å². The van der Waals surface area contributed by atoms with Crippen molar-refractivity contribution in [3.05, 3.63) is 188 Å². The monoisotopic (exact) mass is 677 g/mol.